The van der Waals surface area contributed by atoms with Crippen molar-refractivity contribution in [3.8, 4) is 0 Å². The van der Waals surface area contributed by atoms with Gasteiger partial charge in [-0.25, -0.2) is 9.37 Å². The van der Waals surface area contributed by atoms with Gasteiger partial charge in [-0.3, -0.25) is 9.69 Å². The first-order chi connectivity index (χ1) is 13.6. The molecule has 2 saturated heterocycles. The Balaban J connectivity index is 0.00000160. The molecule has 0 aliphatic carbocycles. The molecule has 1 aromatic heterocycles. The maximum atomic E-state index is 13.3. The summed E-state index contributed by atoms with van der Waals surface area (Å²) in [6, 6.07) is 4.96. The summed E-state index contributed by atoms with van der Waals surface area (Å²) < 4.78 is 18.8. The highest BCUT2D eigenvalue weighted by atomic mass is 35.5. The fourth-order valence-electron chi connectivity index (χ4n) is 4.25. The Morgan fingerprint density at radius 2 is 2.00 bits per heavy atom. The van der Waals surface area contributed by atoms with E-state index in [-0.39, 0.29) is 48.5 Å². The molecule has 7 nitrogen and oxygen atoms in total. The number of rotatable bonds is 4. The molecule has 10 heteroatoms. The predicted octanol–water partition coefficient (Wildman–Crippen LogP) is 2.38. The lowest BCUT2D eigenvalue weighted by Gasteiger charge is -2.35. The number of aromatic amines is 1. The van der Waals surface area contributed by atoms with Gasteiger partial charge in [0.05, 0.1) is 23.5 Å². The summed E-state index contributed by atoms with van der Waals surface area (Å²) in [6.45, 7) is 3.42. The van der Waals surface area contributed by atoms with E-state index in [1.54, 1.807) is 6.07 Å². The number of aromatic nitrogens is 2. The number of fused-ring (bicyclic) bond motifs is 1. The van der Waals surface area contributed by atoms with Gasteiger partial charge in [-0.15, -0.1) is 24.8 Å². The normalized spacial score (nSPS) is 23.3. The molecular weight excluding hydrogens is 432 g/mol. The Morgan fingerprint density at radius 3 is 2.77 bits per heavy atom. The summed E-state index contributed by atoms with van der Waals surface area (Å²) >= 11 is 0. The van der Waals surface area contributed by atoms with Crippen molar-refractivity contribution >= 4 is 41.8 Å². The van der Waals surface area contributed by atoms with Gasteiger partial charge in [0.15, 0.2) is 0 Å². The van der Waals surface area contributed by atoms with Gasteiger partial charge in [0.25, 0.3) is 0 Å². The number of amides is 1. The molecule has 0 bridgehead atoms. The highest BCUT2D eigenvalue weighted by Gasteiger charge is 2.31. The monoisotopic (exact) mass is 461 g/mol. The quantitative estimate of drug-likeness (QED) is 0.649. The summed E-state index contributed by atoms with van der Waals surface area (Å²) in [7, 11) is 0. The fourth-order valence-corrected chi connectivity index (χ4v) is 4.25. The number of nitrogens with two attached hydrogens (primary N) is 1. The van der Waals surface area contributed by atoms with Gasteiger partial charge in [0, 0.05) is 38.4 Å². The first-order valence-electron chi connectivity index (χ1n) is 10.1. The molecule has 1 aromatic carbocycles. The van der Waals surface area contributed by atoms with Crippen LogP contribution in [-0.2, 0) is 16.1 Å². The maximum absolute atomic E-state index is 13.3. The van der Waals surface area contributed by atoms with Crippen LogP contribution in [0.2, 0.25) is 0 Å². The zero-order valence-corrected chi connectivity index (χ0v) is 18.4. The molecule has 1 amide bonds. The maximum Gasteiger partial charge on any atom is 0.224 e. The molecule has 0 radical (unpaired) electrons. The van der Waals surface area contributed by atoms with Crippen molar-refractivity contribution in [2.45, 2.75) is 44.3 Å². The lowest BCUT2D eigenvalue weighted by molar-refractivity contribution is -0.126. The Labute approximate surface area is 188 Å². The standard InChI is InChI=1S/C20H28FN5O2.2ClH/c21-14-2-4-17-18(9-14)25-19(24-17)10-23-20(27)13-1-3-15(22)12-26(11-13)16-5-7-28-8-6-16;;/h2,4,9,13,15-16H,1,3,5-8,10-12,22H2,(H,23,27)(H,24,25);2*1H/t13-,15+;;/m1../s1. The third-order valence-corrected chi connectivity index (χ3v) is 5.81. The molecule has 168 valence electrons. The largest absolute Gasteiger partial charge is 0.381 e. The van der Waals surface area contributed by atoms with Crippen molar-refractivity contribution < 1.29 is 13.9 Å². The molecule has 3 heterocycles. The van der Waals surface area contributed by atoms with Crippen molar-refractivity contribution in [3.63, 3.8) is 0 Å². The number of halogens is 3. The second-order valence-electron chi connectivity index (χ2n) is 7.89. The topological polar surface area (TPSA) is 96.3 Å². The van der Waals surface area contributed by atoms with E-state index in [0.29, 0.717) is 29.4 Å². The van der Waals surface area contributed by atoms with Crippen molar-refractivity contribution in [3.05, 3.63) is 29.8 Å². The molecule has 4 rings (SSSR count). The number of likely N-dealkylation sites (tertiary alicyclic amines) is 1. The van der Waals surface area contributed by atoms with E-state index < -0.39 is 0 Å². The number of hydrogen-bond donors (Lipinski definition) is 3. The van der Waals surface area contributed by atoms with Crippen LogP contribution in [0.3, 0.4) is 0 Å². The number of nitrogens with zero attached hydrogens (tertiary/aromatic N) is 2. The van der Waals surface area contributed by atoms with E-state index in [4.69, 9.17) is 10.5 Å². The average Bonchev–Trinajstić information content (AvgIpc) is 2.99. The molecule has 0 spiro atoms. The molecular formula is C20H30Cl2FN5O2. The van der Waals surface area contributed by atoms with Crippen LogP contribution in [0.1, 0.15) is 31.5 Å². The van der Waals surface area contributed by atoms with Gasteiger partial charge < -0.3 is 20.8 Å². The summed E-state index contributed by atoms with van der Waals surface area (Å²) in [5.41, 5.74) is 7.59. The number of ether oxygens (including phenoxy) is 1. The van der Waals surface area contributed by atoms with Crippen LogP contribution in [0.4, 0.5) is 4.39 Å². The van der Waals surface area contributed by atoms with E-state index in [2.05, 4.69) is 20.2 Å². The number of benzene rings is 1. The average molecular weight is 462 g/mol. The third kappa shape index (κ3) is 6.04. The highest BCUT2D eigenvalue weighted by molar-refractivity contribution is 5.85. The van der Waals surface area contributed by atoms with E-state index in [9.17, 15) is 9.18 Å². The second-order valence-corrected chi connectivity index (χ2v) is 7.89. The van der Waals surface area contributed by atoms with Crippen LogP contribution in [0.5, 0.6) is 0 Å². The number of carbonyl (C=O) groups excluding carboxylic acids is 1. The molecule has 2 aromatic rings. The molecule has 2 aliphatic rings. The van der Waals surface area contributed by atoms with Crippen LogP contribution in [-0.4, -0.2) is 59.2 Å². The molecule has 4 N–H and O–H groups in total. The first-order valence-corrected chi connectivity index (χ1v) is 10.1. The Morgan fingerprint density at radius 1 is 1.23 bits per heavy atom. The van der Waals surface area contributed by atoms with Crippen molar-refractivity contribution in [1.29, 1.82) is 0 Å². The summed E-state index contributed by atoms with van der Waals surface area (Å²) in [6.07, 6.45) is 3.63. The van der Waals surface area contributed by atoms with Crippen molar-refractivity contribution in [2.24, 2.45) is 11.7 Å². The Hall–Kier alpha value is -1.45. The van der Waals surface area contributed by atoms with Crippen LogP contribution in [0.25, 0.3) is 11.0 Å². The van der Waals surface area contributed by atoms with Crippen LogP contribution in [0.15, 0.2) is 18.2 Å². The zero-order valence-electron chi connectivity index (χ0n) is 16.8. The number of H-pyrrole nitrogens is 1. The van der Waals surface area contributed by atoms with Gasteiger partial charge in [-0.05, 0) is 43.9 Å². The number of hydrogen-bond acceptors (Lipinski definition) is 5. The van der Waals surface area contributed by atoms with E-state index in [1.165, 1.54) is 12.1 Å². The zero-order chi connectivity index (χ0) is 19.5. The first kappa shape index (κ1) is 24.8. The molecule has 30 heavy (non-hydrogen) atoms. The van der Waals surface area contributed by atoms with Gasteiger partial charge >= 0.3 is 0 Å². The van der Waals surface area contributed by atoms with Crippen molar-refractivity contribution in [2.75, 3.05) is 26.3 Å². The smallest absolute Gasteiger partial charge is 0.224 e. The molecule has 0 unspecified atom stereocenters. The molecule has 2 aliphatic heterocycles. The summed E-state index contributed by atoms with van der Waals surface area (Å²) in [5.74, 6) is 0.256. The third-order valence-electron chi connectivity index (χ3n) is 5.81. The summed E-state index contributed by atoms with van der Waals surface area (Å²) in [5, 5.41) is 2.99. The fraction of sp³-hybridized carbons (Fsp3) is 0.600. The van der Waals surface area contributed by atoms with Crippen LogP contribution >= 0.6 is 24.8 Å². The van der Waals surface area contributed by atoms with Crippen molar-refractivity contribution in [1.82, 2.24) is 20.2 Å². The van der Waals surface area contributed by atoms with Crippen LogP contribution in [0, 0.1) is 11.7 Å². The number of carbonyl (C=O) groups is 1. The minimum atomic E-state index is -0.310. The minimum absolute atomic E-state index is 0. The lowest BCUT2D eigenvalue weighted by Crippen LogP contribution is -2.47. The molecule has 2 atom stereocenters. The van der Waals surface area contributed by atoms with Gasteiger partial charge in [0.1, 0.15) is 11.6 Å². The molecule has 2 fully saturated rings. The Kier molecular flexibility index (Phi) is 9.31. The molecule has 0 saturated carbocycles. The highest BCUT2D eigenvalue weighted by Crippen LogP contribution is 2.23. The second kappa shape index (κ2) is 11.2. The van der Waals surface area contributed by atoms with Gasteiger partial charge in [0.2, 0.25) is 5.91 Å². The lowest BCUT2D eigenvalue weighted by atomic mass is 10.0. The van der Waals surface area contributed by atoms with Crippen LogP contribution < -0.4 is 11.1 Å². The van der Waals surface area contributed by atoms with E-state index in [0.717, 1.165) is 52.0 Å². The summed E-state index contributed by atoms with van der Waals surface area (Å²) in [4.78, 5) is 22.7. The predicted molar refractivity (Wildman–Crippen MR) is 119 cm³/mol. The van der Waals surface area contributed by atoms with E-state index in [1.807, 2.05) is 0 Å². The van der Waals surface area contributed by atoms with Gasteiger partial charge in [-0.2, -0.15) is 0 Å². The number of nitrogens with one attached hydrogen (secondary N) is 2. The Bertz CT molecular complexity index is 831. The number of imidazole rings is 1. The SMILES string of the molecule is Cl.Cl.N[C@H]1CC[C@@H](C(=O)NCc2nc3ccc(F)cc3[nH]2)CN(C2CCOCC2)C1. The van der Waals surface area contributed by atoms with E-state index >= 15 is 0 Å². The van der Waals surface area contributed by atoms with Gasteiger partial charge in [-0.1, -0.05) is 0 Å². The minimum Gasteiger partial charge on any atom is -0.381 e.